The predicted octanol–water partition coefficient (Wildman–Crippen LogP) is 2.96. The van der Waals surface area contributed by atoms with Crippen molar-refractivity contribution < 1.29 is 9.52 Å². The van der Waals surface area contributed by atoms with Gasteiger partial charge in [0.2, 0.25) is 0 Å². The van der Waals surface area contributed by atoms with E-state index in [1.807, 2.05) is 48.3 Å². The van der Waals surface area contributed by atoms with E-state index in [0.29, 0.717) is 6.54 Å². The van der Waals surface area contributed by atoms with Gasteiger partial charge in [0.1, 0.15) is 11.6 Å². The number of anilines is 1. The normalized spacial score (nSPS) is 10.9. The molecule has 1 aromatic carbocycles. The third-order valence-corrected chi connectivity index (χ3v) is 3.36. The molecular formula is C16H16N2O2. The average molecular weight is 268 g/mol. The maximum atomic E-state index is 9.40. The number of furan rings is 1. The lowest BCUT2D eigenvalue weighted by atomic mass is 10.1. The summed E-state index contributed by atoms with van der Waals surface area (Å²) in [5.74, 6) is 1.78. The van der Waals surface area contributed by atoms with E-state index in [2.05, 4.69) is 4.98 Å². The van der Waals surface area contributed by atoms with Crippen molar-refractivity contribution in [3.05, 3.63) is 60.2 Å². The number of aromatic nitrogens is 1. The Kier molecular flexibility index (Phi) is 3.39. The summed E-state index contributed by atoms with van der Waals surface area (Å²) in [5.41, 5.74) is 0.843. The molecule has 1 N–H and O–H groups in total. The molecule has 4 nitrogen and oxygen atoms in total. The Labute approximate surface area is 117 Å². The van der Waals surface area contributed by atoms with Crippen LogP contribution < -0.4 is 4.90 Å². The highest BCUT2D eigenvalue weighted by Gasteiger charge is 2.11. The highest BCUT2D eigenvalue weighted by molar-refractivity contribution is 5.94. The summed E-state index contributed by atoms with van der Waals surface area (Å²) in [7, 11) is 1.98. The van der Waals surface area contributed by atoms with Gasteiger partial charge in [0, 0.05) is 24.2 Å². The summed E-state index contributed by atoms with van der Waals surface area (Å²) in [6.45, 7) is 0.651. The van der Waals surface area contributed by atoms with Crippen LogP contribution in [0.2, 0.25) is 0 Å². The molecule has 0 unspecified atom stereocenters. The lowest BCUT2D eigenvalue weighted by Gasteiger charge is -2.19. The molecule has 20 heavy (non-hydrogen) atoms. The topological polar surface area (TPSA) is 49.5 Å². The van der Waals surface area contributed by atoms with Crippen molar-refractivity contribution in [3.8, 4) is 0 Å². The fraction of sp³-hybridized carbons (Fsp3) is 0.188. The first-order valence-electron chi connectivity index (χ1n) is 6.50. The van der Waals surface area contributed by atoms with E-state index in [1.165, 1.54) is 0 Å². The van der Waals surface area contributed by atoms with Gasteiger partial charge in [-0.05, 0) is 17.5 Å². The van der Waals surface area contributed by atoms with E-state index in [9.17, 15) is 5.11 Å². The van der Waals surface area contributed by atoms with Gasteiger partial charge in [0.15, 0.2) is 0 Å². The number of nitrogens with zero attached hydrogens (tertiary/aromatic N) is 2. The smallest absolute Gasteiger partial charge is 0.136 e. The molecule has 0 amide bonds. The van der Waals surface area contributed by atoms with E-state index >= 15 is 0 Å². The Hall–Kier alpha value is -2.33. The van der Waals surface area contributed by atoms with Crippen LogP contribution >= 0.6 is 0 Å². The Bertz CT molecular complexity index is 708. The van der Waals surface area contributed by atoms with Crippen molar-refractivity contribution in [3.63, 3.8) is 0 Å². The molecule has 0 atom stereocenters. The first-order valence-corrected chi connectivity index (χ1v) is 6.50. The Balaban J connectivity index is 2.03. The molecule has 3 rings (SSSR count). The summed E-state index contributed by atoms with van der Waals surface area (Å²) in [6.07, 6.45) is 3.40. The van der Waals surface area contributed by atoms with Crippen molar-refractivity contribution >= 4 is 16.6 Å². The van der Waals surface area contributed by atoms with Crippen LogP contribution in [0.5, 0.6) is 0 Å². The van der Waals surface area contributed by atoms with Gasteiger partial charge in [-0.15, -0.1) is 0 Å². The zero-order chi connectivity index (χ0) is 13.9. The van der Waals surface area contributed by atoms with Crippen molar-refractivity contribution in [2.45, 2.75) is 13.2 Å². The number of rotatable bonds is 4. The van der Waals surface area contributed by atoms with E-state index in [4.69, 9.17) is 4.42 Å². The maximum absolute atomic E-state index is 9.40. The highest BCUT2D eigenvalue weighted by atomic mass is 16.3. The second kappa shape index (κ2) is 5.35. The molecule has 3 aromatic rings. The lowest BCUT2D eigenvalue weighted by Crippen LogP contribution is -2.17. The van der Waals surface area contributed by atoms with Crippen LogP contribution in [0, 0.1) is 0 Å². The van der Waals surface area contributed by atoms with Gasteiger partial charge in [-0.2, -0.15) is 0 Å². The zero-order valence-electron chi connectivity index (χ0n) is 11.3. The summed E-state index contributed by atoms with van der Waals surface area (Å²) in [4.78, 5) is 6.53. The molecule has 4 heteroatoms. The Morgan fingerprint density at radius 2 is 1.95 bits per heavy atom. The third-order valence-electron chi connectivity index (χ3n) is 3.36. The van der Waals surface area contributed by atoms with Gasteiger partial charge < -0.3 is 14.4 Å². The molecule has 0 spiro atoms. The molecule has 0 radical (unpaired) electrons. The molecule has 0 bridgehead atoms. The van der Waals surface area contributed by atoms with Gasteiger partial charge in [-0.1, -0.05) is 24.3 Å². The molecular weight excluding hydrogens is 252 g/mol. The zero-order valence-corrected chi connectivity index (χ0v) is 11.3. The van der Waals surface area contributed by atoms with Crippen molar-refractivity contribution in [1.29, 1.82) is 0 Å². The first-order chi connectivity index (χ1) is 9.79. The Morgan fingerprint density at radius 3 is 2.65 bits per heavy atom. The molecule has 0 saturated heterocycles. The van der Waals surface area contributed by atoms with Gasteiger partial charge in [0.25, 0.3) is 0 Å². The van der Waals surface area contributed by atoms with Crippen LogP contribution in [0.25, 0.3) is 10.8 Å². The number of fused-ring (bicyclic) bond motifs is 1. The summed E-state index contributed by atoms with van der Waals surface area (Å²) in [6, 6.07) is 11.8. The minimum atomic E-state index is -0.00427. The van der Waals surface area contributed by atoms with Crippen molar-refractivity contribution in [2.75, 3.05) is 11.9 Å². The molecule has 0 fully saturated rings. The van der Waals surface area contributed by atoms with Crippen molar-refractivity contribution in [2.24, 2.45) is 0 Å². The molecule has 0 aliphatic rings. The van der Waals surface area contributed by atoms with Gasteiger partial charge in [-0.3, -0.25) is 0 Å². The van der Waals surface area contributed by atoms with Crippen LogP contribution in [-0.4, -0.2) is 17.1 Å². The minimum Gasteiger partial charge on any atom is -0.467 e. The second-order valence-electron chi connectivity index (χ2n) is 4.75. The molecule has 102 valence electrons. The highest BCUT2D eigenvalue weighted by Crippen LogP contribution is 2.27. The number of hydrogen-bond donors (Lipinski definition) is 1. The monoisotopic (exact) mass is 268 g/mol. The van der Waals surface area contributed by atoms with Gasteiger partial charge in [-0.25, -0.2) is 4.98 Å². The summed E-state index contributed by atoms with van der Waals surface area (Å²) >= 11 is 0. The number of pyridine rings is 1. The number of aliphatic hydroxyl groups excluding tert-OH is 1. The fourth-order valence-electron chi connectivity index (χ4n) is 2.38. The minimum absolute atomic E-state index is 0.00427. The molecule has 2 aromatic heterocycles. The number of hydrogen-bond acceptors (Lipinski definition) is 4. The molecule has 0 aliphatic heterocycles. The fourth-order valence-corrected chi connectivity index (χ4v) is 2.38. The molecule has 0 aliphatic carbocycles. The maximum Gasteiger partial charge on any atom is 0.136 e. The van der Waals surface area contributed by atoms with E-state index < -0.39 is 0 Å². The van der Waals surface area contributed by atoms with Crippen LogP contribution in [0.15, 0.2) is 53.3 Å². The Morgan fingerprint density at radius 1 is 1.15 bits per heavy atom. The molecule has 0 saturated carbocycles. The second-order valence-corrected chi connectivity index (χ2v) is 4.75. The third kappa shape index (κ3) is 2.26. The first kappa shape index (κ1) is 12.7. The average Bonchev–Trinajstić information content (AvgIpc) is 2.99. The standard InChI is InChI=1S/C16H16N2O2/c1-18(10-13-5-4-8-20-13)16-15-7-3-2-6-14(15)12(11-19)9-17-16/h2-9,19H,10-11H2,1H3. The number of benzene rings is 1. The lowest BCUT2D eigenvalue weighted by molar-refractivity contribution is 0.283. The van der Waals surface area contributed by atoms with E-state index in [0.717, 1.165) is 27.9 Å². The SMILES string of the molecule is CN(Cc1ccco1)c1ncc(CO)c2ccccc12. The van der Waals surface area contributed by atoms with Gasteiger partial charge >= 0.3 is 0 Å². The quantitative estimate of drug-likeness (QED) is 0.790. The van der Waals surface area contributed by atoms with Crippen LogP contribution in [0.3, 0.4) is 0 Å². The summed E-state index contributed by atoms with van der Waals surface area (Å²) < 4.78 is 5.37. The predicted molar refractivity (Wildman–Crippen MR) is 78.5 cm³/mol. The molecule has 2 heterocycles. The number of aliphatic hydroxyl groups is 1. The van der Waals surface area contributed by atoms with Crippen molar-refractivity contribution in [1.82, 2.24) is 4.98 Å². The van der Waals surface area contributed by atoms with E-state index in [1.54, 1.807) is 12.5 Å². The van der Waals surface area contributed by atoms with Crippen LogP contribution in [-0.2, 0) is 13.2 Å². The van der Waals surface area contributed by atoms with E-state index in [-0.39, 0.29) is 6.61 Å². The summed E-state index contributed by atoms with van der Waals surface area (Å²) in [5, 5.41) is 11.5. The van der Waals surface area contributed by atoms with Crippen LogP contribution in [0.1, 0.15) is 11.3 Å². The van der Waals surface area contributed by atoms with Gasteiger partial charge in [0.05, 0.1) is 19.4 Å². The largest absolute Gasteiger partial charge is 0.467 e. The van der Waals surface area contributed by atoms with Crippen LogP contribution in [0.4, 0.5) is 5.82 Å².